The molecule has 1 saturated heterocycles. The van der Waals surface area contributed by atoms with Crippen LogP contribution < -0.4 is 11.1 Å². The summed E-state index contributed by atoms with van der Waals surface area (Å²) >= 11 is 0. The van der Waals surface area contributed by atoms with Crippen LogP contribution in [-0.2, 0) is 4.79 Å². The Morgan fingerprint density at radius 2 is 1.95 bits per heavy atom. The molecule has 1 amide bonds. The van der Waals surface area contributed by atoms with Crippen molar-refractivity contribution in [1.29, 1.82) is 0 Å². The van der Waals surface area contributed by atoms with Crippen molar-refractivity contribution in [1.82, 2.24) is 15.1 Å². The van der Waals surface area contributed by atoms with Gasteiger partial charge in [0, 0.05) is 32.2 Å². The van der Waals surface area contributed by atoms with Crippen LogP contribution in [0.25, 0.3) is 0 Å². The molecule has 1 heterocycles. The first-order valence-corrected chi connectivity index (χ1v) is 8.56. The number of piperazine rings is 1. The Kier molecular flexibility index (Phi) is 6.02. The summed E-state index contributed by atoms with van der Waals surface area (Å²) in [7, 11) is 0. The smallest absolute Gasteiger partial charge is 0.237 e. The van der Waals surface area contributed by atoms with E-state index >= 15 is 0 Å². The normalized spacial score (nSPS) is 23.9. The monoisotopic (exact) mass is 296 g/mol. The molecule has 2 rings (SSSR count). The van der Waals surface area contributed by atoms with Gasteiger partial charge in [0.1, 0.15) is 0 Å². The van der Waals surface area contributed by atoms with Gasteiger partial charge in [-0.1, -0.05) is 6.92 Å². The van der Waals surface area contributed by atoms with E-state index in [0.29, 0.717) is 0 Å². The van der Waals surface area contributed by atoms with Crippen LogP contribution in [0.2, 0.25) is 0 Å². The second-order valence-electron chi connectivity index (χ2n) is 6.84. The number of hydrogen-bond acceptors (Lipinski definition) is 4. The number of nitrogens with one attached hydrogen (secondary N) is 1. The van der Waals surface area contributed by atoms with Crippen LogP contribution in [0.15, 0.2) is 0 Å². The number of nitrogens with two attached hydrogens (primary N) is 1. The van der Waals surface area contributed by atoms with E-state index in [9.17, 15) is 4.79 Å². The van der Waals surface area contributed by atoms with E-state index in [2.05, 4.69) is 22.0 Å². The molecule has 1 atom stereocenters. The zero-order valence-electron chi connectivity index (χ0n) is 13.7. The molecule has 122 valence electrons. The van der Waals surface area contributed by atoms with Gasteiger partial charge >= 0.3 is 0 Å². The number of carbonyl (C=O) groups excluding carboxylic acids is 1. The molecule has 0 aromatic rings. The van der Waals surface area contributed by atoms with Gasteiger partial charge in [-0.3, -0.25) is 9.69 Å². The summed E-state index contributed by atoms with van der Waals surface area (Å²) in [5.41, 5.74) is 5.02. The molecule has 21 heavy (non-hydrogen) atoms. The number of amides is 1. The third-order valence-corrected chi connectivity index (χ3v) is 4.93. The molecule has 0 aromatic heterocycles. The van der Waals surface area contributed by atoms with Gasteiger partial charge in [-0.2, -0.15) is 0 Å². The lowest BCUT2D eigenvalue weighted by Crippen LogP contribution is -2.54. The summed E-state index contributed by atoms with van der Waals surface area (Å²) < 4.78 is 0. The molecule has 0 bridgehead atoms. The Balaban J connectivity index is 1.66. The zero-order chi connectivity index (χ0) is 15.3. The molecule has 3 N–H and O–H groups in total. The fraction of sp³-hybridized carbons (Fsp3) is 0.938. The molecule has 0 spiro atoms. The van der Waals surface area contributed by atoms with Crippen LogP contribution in [0, 0.1) is 0 Å². The number of rotatable bonds is 9. The first-order valence-electron chi connectivity index (χ1n) is 8.56. The minimum Gasteiger partial charge on any atom is -0.368 e. The van der Waals surface area contributed by atoms with E-state index in [-0.39, 0.29) is 5.91 Å². The molecule has 5 nitrogen and oxygen atoms in total. The lowest BCUT2D eigenvalue weighted by molar-refractivity contribution is -0.124. The van der Waals surface area contributed by atoms with E-state index in [1.165, 1.54) is 39.0 Å². The quantitative estimate of drug-likeness (QED) is 0.660. The van der Waals surface area contributed by atoms with E-state index in [0.717, 1.165) is 38.4 Å². The molecular formula is C16H32N4O. The maximum Gasteiger partial charge on any atom is 0.237 e. The fourth-order valence-electron chi connectivity index (χ4n) is 3.15. The minimum absolute atomic E-state index is 0.227. The van der Waals surface area contributed by atoms with Crippen molar-refractivity contribution < 1.29 is 4.79 Å². The van der Waals surface area contributed by atoms with Crippen LogP contribution in [0.5, 0.6) is 0 Å². The predicted molar refractivity (Wildman–Crippen MR) is 86.2 cm³/mol. The van der Waals surface area contributed by atoms with Crippen molar-refractivity contribution in [2.45, 2.75) is 57.5 Å². The van der Waals surface area contributed by atoms with E-state index < -0.39 is 5.54 Å². The topological polar surface area (TPSA) is 61.6 Å². The summed E-state index contributed by atoms with van der Waals surface area (Å²) in [6.07, 6.45) is 5.68. The Hall–Kier alpha value is -0.650. The van der Waals surface area contributed by atoms with Gasteiger partial charge in [0.2, 0.25) is 5.91 Å². The molecule has 1 saturated carbocycles. The van der Waals surface area contributed by atoms with Crippen LogP contribution in [0.3, 0.4) is 0 Å². The Morgan fingerprint density at radius 1 is 1.29 bits per heavy atom. The first kappa shape index (κ1) is 16.7. The number of primary amides is 1. The fourth-order valence-corrected chi connectivity index (χ4v) is 3.15. The molecule has 2 aliphatic rings. The molecular weight excluding hydrogens is 264 g/mol. The summed E-state index contributed by atoms with van der Waals surface area (Å²) in [6, 6.07) is 0.892. The van der Waals surface area contributed by atoms with Crippen molar-refractivity contribution in [3.8, 4) is 0 Å². The van der Waals surface area contributed by atoms with Gasteiger partial charge in [-0.25, -0.2) is 0 Å². The lowest BCUT2D eigenvalue weighted by Gasteiger charge is -2.35. The van der Waals surface area contributed by atoms with Crippen molar-refractivity contribution in [2.75, 3.05) is 39.3 Å². The molecule has 1 aliphatic heterocycles. The van der Waals surface area contributed by atoms with Gasteiger partial charge in [-0.15, -0.1) is 0 Å². The molecule has 2 fully saturated rings. The second kappa shape index (κ2) is 7.56. The minimum atomic E-state index is -0.550. The Labute approximate surface area is 129 Å². The lowest BCUT2D eigenvalue weighted by atomic mass is 9.94. The predicted octanol–water partition coefficient (Wildman–Crippen LogP) is 0.790. The summed E-state index contributed by atoms with van der Waals surface area (Å²) in [5, 5.41) is 3.31. The zero-order valence-corrected chi connectivity index (χ0v) is 13.7. The molecule has 1 aliphatic carbocycles. The van der Waals surface area contributed by atoms with E-state index in [1.807, 2.05) is 6.92 Å². The van der Waals surface area contributed by atoms with E-state index in [4.69, 9.17) is 5.73 Å². The highest BCUT2D eigenvalue weighted by Crippen LogP contribution is 2.27. The molecule has 0 radical (unpaired) electrons. The summed E-state index contributed by atoms with van der Waals surface area (Å²) in [6.45, 7) is 10.7. The molecule has 0 aromatic carbocycles. The van der Waals surface area contributed by atoms with Crippen molar-refractivity contribution in [2.24, 2.45) is 5.73 Å². The first-order chi connectivity index (χ1) is 10.0. The Morgan fingerprint density at radius 3 is 2.48 bits per heavy atom. The maximum absolute atomic E-state index is 11.7. The molecule has 5 heteroatoms. The van der Waals surface area contributed by atoms with Gasteiger partial charge < -0.3 is 16.0 Å². The number of carbonyl (C=O) groups is 1. The average molecular weight is 296 g/mol. The van der Waals surface area contributed by atoms with Crippen LogP contribution in [0.1, 0.15) is 46.0 Å². The van der Waals surface area contributed by atoms with Gasteiger partial charge in [0.15, 0.2) is 0 Å². The second-order valence-corrected chi connectivity index (χ2v) is 6.84. The van der Waals surface area contributed by atoms with Crippen LogP contribution >= 0.6 is 0 Å². The van der Waals surface area contributed by atoms with Crippen molar-refractivity contribution in [3.63, 3.8) is 0 Å². The largest absolute Gasteiger partial charge is 0.368 e. The third-order valence-electron chi connectivity index (χ3n) is 4.93. The van der Waals surface area contributed by atoms with E-state index in [1.54, 1.807) is 0 Å². The Bertz CT molecular complexity index is 337. The SMILES string of the molecule is CCCNC(C)(CCCN1CCN(C2CC2)CC1)C(N)=O. The van der Waals surface area contributed by atoms with Crippen molar-refractivity contribution >= 4 is 5.91 Å². The maximum atomic E-state index is 11.7. The highest BCUT2D eigenvalue weighted by Gasteiger charge is 2.32. The summed E-state index contributed by atoms with van der Waals surface area (Å²) in [4.78, 5) is 16.8. The van der Waals surface area contributed by atoms with Gasteiger partial charge in [0.05, 0.1) is 5.54 Å². The number of nitrogens with zero attached hydrogens (tertiary/aromatic N) is 2. The highest BCUT2D eigenvalue weighted by molar-refractivity contribution is 5.84. The summed E-state index contributed by atoms with van der Waals surface area (Å²) in [5.74, 6) is -0.227. The van der Waals surface area contributed by atoms with Gasteiger partial charge in [-0.05, 0) is 52.1 Å². The number of hydrogen-bond donors (Lipinski definition) is 2. The van der Waals surface area contributed by atoms with Crippen LogP contribution in [0.4, 0.5) is 0 Å². The van der Waals surface area contributed by atoms with Gasteiger partial charge in [0.25, 0.3) is 0 Å². The van der Waals surface area contributed by atoms with Crippen LogP contribution in [-0.4, -0.2) is 66.6 Å². The average Bonchev–Trinajstić information content (AvgIpc) is 3.30. The van der Waals surface area contributed by atoms with Crippen molar-refractivity contribution in [3.05, 3.63) is 0 Å². The highest BCUT2D eigenvalue weighted by atomic mass is 16.1. The molecule has 1 unspecified atom stereocenters. The standard InChI is InChI=1S/C16H32N4O/c1-3-8-18-16(2,15(17)21)7-4-9-19-10-12-20(13-11-19)14-5-6-14/h14,18H,3-13H2,1-2H3,(H2,17,21). The third kappa shape index (κ3) is 4.94.